The number of hydrogen-bond donors (Lipinski definition) is 2. The van der Waals surface area contributed by atoms with Crippen LogP contribution in [0, 0.1) is 6.92 Å². The zero-order valence-corrected chi connectivity index (χ0v) is 21.8. The van der Waals surface area contributed by atoms with Gasteiger partial charge in [0, 0.05) is 42.4 Å². The lowest BCUT2D eigenvalue weighted by molar-refractivity contribution is -0.137. The Balaban J connectivity index is 1.46. The monoisotopic (exact) mass is 549 g/mol. The third kappa shape index (κ3) is 5.80. The average molecular weight is 550 g/mol. The van der Waals surface area contributed by atoms with Crippen LogP contribution in [0.5, 0.6) is 0 Å². The number of rotatable bonds is 7. The summed E-state index contributed by atoms with van der Waals surface area (Å²) in [4.78, 5) is 19.2. The van der Waals surface area contributed by atoms with E-state index in [1.54, 1.807) is 29.1 Å². The molecule has 0 aliphatic carbocycles. The highest BCUT2D eigenvalue weighted by Gasteiger charge is 2.41. The lowest BCUT2D eigenvalue weighted by atomic mass is 10.0. The fourth-order valence-electron chi connectivity index (χ4n) is 4.75. The lowest BCUT2D eigenvalue weighted by Gasteiger charge is -2.29. The van der Waals surface area contributed by atoms with Crippen LogP contribution in [-0.4, -0.2) is 32.0 Å². The second-order valence-corrected chi connectivity index (χ2v) is 9.72. The van der Waals surface area contributed by atoms with Gasteiger partial charge in [-0.25, -0.2) is 0 Å². The third-order valence-electron chi connectivity index (χ3n) is 6.65. The number of carbonyl (C=O) groups is 1. The number of aromatic nitrogens is 2. The van der Waals surface area contributed by atoms with Crippen molar-refractivity contribution >= 4 is 28.9 Å². The second-order valence-electron chi connectivity index (χ2n) is 9.34. The number of benzene rings is 2. The van der Waals surface area contributed by atoms with Crippen LogP contribution in [0.2, 0.25) is 0 Å². The third-order valence-corrected chi connectivity index (χ3v) is 7.00. The molecule has 2 atom stereocenters. The van der Waals surface area contributed by atoms with Crippen LogP contribution in [0.25, 0.3) is 5.69 Å². The highest BCUT2D eigenvalue weighted by atomic mass is 32.1. The minimum atomic E-state index is -4.47. The molecule has 4 aromatic rings. The van der Waals surface area contributed by atoms with E-state index in [2.05, 4.69) is 15.6 Å². The van der Waals surface area contributed by atoms with Crippen molar-refractivity contribution in [2.75, 3.05) is 11.9 Å². The van der Waals surface area contributed by atoms with Crippen LogP contribution in [0.15, 0.2) is 91.3 Å². The first-order valence-corrected chi connectivity index (χ1v) is 12.8. The topological polar surface area (TPSA) is 62.2 Å². The van der Waals surface area contributed by atoms with Gasteiger partial charge in [0.25, 0.3) is 0 Å². The molecule has 1 fully saturated rings. The Labute approximate surface area is 229 Å². The predicted octanol–water partition coefficient (Wildman–Crippen LogP) is 6.20. The molecule has 0 unspecified atom stereocenters. The molecule has 6 nitrogen and oxygen atoms in total. The van der Waals surface area contributed by atoms with Crippen molar-refractivity contribution in [1.82, 2.24) is 19.8 Å². The van der Waals surface area contributed by atoms with Crippen molar-refractivity contribution in [3.8, 4) is 5.69 Å². The van der Waals surface area contributed by atoms with Crippen LogP contribution in [0.4, 0.5) is 18.9 Å². The number of anilines is 1. The van der Waals surface area contributed by atoms with Crippen LogP contribution in [-0.2, 0) is 11.0 Å². The van der Waals surface area contributed by atoms with Gasteiger partial charge in [0.1, 0.15) is 0 Å². The number of alkyl halides is 3. The van der Waals surface area contributed by atoms with Gasteiger partial charge in [-0.2, -0.15) is 13.2 Å². The first kappa shape index (κ1) is 26.4. The molecule has 1 amide bonds. The van der Waals surface area contributed by atoms with Gasteiger partial charge in [-0.3, -0.25) is 9.78 Å². The first-order chi connectivity index (χ1) is 18.7. The van der Waals surface area contributed by atoms with Crippen molar-refractivity contribution in [1.29, 1.82) is 0 Å². The van der Waals surface area contributed by atoms with Crippen LogP contribution in [0.3, 0.4) is 0 Å². The van der Waals surface area contributed by atoms with E-state index in [1.807, 2.05) is 60.4 Å². The Morgan fingerprint density at radius 2 is 1.85 bits per heavy atom. The standard InChI is InChI=1S/C29H26F3N5OS/c1-19-10-12-21(13-11-19)34-25(38)14-17-37-27(26(35-28(37)39)23-8-2-3-15-33-23)24-9-5-16-36(24)22-7-4-6-20(18-22)29(30,31)32/h2-13,15-16,18,26-27H,14,17H2,1H3,(H,34,38)(H,35,39)/t26-,27+/m1/s1. The molecule has 1 aliphatic rings. The first-order valence-electron chi connectivity index (χ1n) is 12.4. The van der Waals surface area contributed by atoms with Crippen molar-refractivity contribution in [3.05, 3.63) is 114 Å². The predicted molar refractivity (Wildman–Crippen MR) is 147 cm³/mol. The number of thiocarbonyl (C=S) groups is 1. The Hall–Kier alpha value is -4.18. The quantitative estimate of drug-likeness (QED) is 0.269. The maximum Gasteiger partial charge on any atom is 0.416 e. The van der Waals surface area contributed by atoms with E-state index in [4.69, 9.17) is 12.2 Å². The summed E-state index contributed by atoms with van der Waals surface area (Å²) >= 11 is 5.69. The van der Waals surface area contributed by atoms with Crippen LogP contribution in [0.1, 0.15) is 41.0 Å². The van der Waals surface area contributed by atoms with Gasteiger partial charge in [0.05, 0.1) is 23.3 Å². The summed E-state index contributed by atoms with van der Waals surface area (Å²) < 4.78 is 42.1. The Kier molecular flexibility index (Phi) is 7.38. The highest BCUT2D eigenvalue weighted by molar-refractivity contribution is 7.80. The molecule has 0 saturated carbocycles. The number of amides is 1. The van der Waals surface area contributed by atoms with Gasteiger partial charge in [0.2, 0.25) is 5.91 Å². The van der Waals surface area contributed by atoms with Gasteiger partial charge in [-0.05, 0) is 73.7 Å². The smallest absolute Gasteiger partial charge is 0.352 e. The summed E-state index contributed by atoms with van der Waals surface area (Å²) in [6, 6.07) is 21.1. The maximum absolute atomic E-state index is 13.5. The van der Waals surface area contributed by atoms with E-state index in [1.165, 1.54) is 6.07 Å². The van der Waals surface area contributed by atoms with E-state index in [9.17, 15) is 18.0 Å². The number of halogens is 3. The molecular formula is C29H26F3N5OS. The average Bonchev–Trinajstić information content (AvgIpc) is 3.53. The Bertz CT molecular complexity index is 1470. The summed E-state index contributed by atoms with van der Waals surface area (Å²) in [6.45, 7) is 2.27. The van der Waals surface area contributed by atoms with Crippen LogP contribution >= 0.6 is 12.2 Å². The maximum atomic E-state index is 13.5. The van der Waals surface area contributed by atoms with Gasteiger partial charge in [-0.1, -0.05) is 29.8 Å². The zero-order valence-electron chi connectivity index (χ0n) is 21.0. The molecule has 0 bridgehead atoms. The van der Waals surface area contributed by atoms with Gasteiger partial charge < -0.3 is 20.1 Å². The summed E-state index contributed by atoms with van der Waals surface area (Å²) in [7, 11) is 0. The summed E-state index contributed by atoms with van der Waals surface area (Å²) in [6.07, 6.45) is -0.900. The van der Waals surface area contributed by atoms with Crippen LogP contribution < -0.4 is 10.6 Å². The van der Waals surface area contributed by atoms with Gasteiger partial charge in [-0.15, -0.1) is 0 Å². The number of hydrogen-bond acceptors (Lipinski definition) is 3. The molecule has 2 aromatic carbocycles. The van der Waals surface area contributed by atoms with E-state index in [-0.39, 0.29) is 18.4 Å². The molecule has 1 saturated heterocycles. The molecule has 10 heteroatoms. The molecule has 39 heavy (non-hydrogen) atoms. The molecule has 3 heterocycles. The molecule has 2 N–H and O–H groups in total. The number of carbonyl (C=O) groups excluding carboxylic acids is 1. The molecule has 200 valence electrons. The minimum absolute atomic E-state index is 0.158. The number of aryl methyl sites for hydroxylation is 1. The van der Waals surface area contributed by atoms with E-state index < -0.39 is 17.8 Å². The number of pyridine rings is 1. The van der Waals surface area contributed by atoms with Crippen molar-refractivity contribution in [2.45, 2.75) is 31.6 Å². The molecule has 1 aliphatic heterocycles. The van der Waals surface area contributed by atoms with Crippen molar-refractivity contribution in [2.24, 2.45) is 0 Å². The summed E-state index contributed by atoms with van der Waals surface area (Å²) in [5.41, 5.74) is 2.89. The SMILES string of the molecule is Cc1ccc(NC(=O)CCN2C(=S)N[C@H](c3ccccn3)[C@@H]2c2cccn2-c2cccc(C(F)(F)F)c2)cc1. The van der Waals surface area contributed by atoms with Crippen molar-refractivity contribution < 1.29 is 18.0 Å². The second kappa shape index (κ2) is 10.9. The molecule has 0 radical (unpaired) electrons. The van der Waals surface area contributed by atoms with Crippen molar-refractivity contribution in [3.63, 3.8) is 0 Å². The fourth-order valence-corrected chi connectivity index (χ4v) is 5.08. The molecule has 2 aromatic heterocycles. The summed E-state index contributed by atoms with van der Waals surface area (Å²) in [5.74, 6) is -0.171. The Morgan fingerprint density at radius 1 is 1.05 bits per heavy atom. The number of nitrogens with zero attached hydrogens (tertiary/aromatic N) is 3. The lowest BCUT2D eigenvalue weighted by Crippen LogP contribution is -2.33. The largest absolute Gasteiger partial charge is 0.416 e. The Morgan fingerprint density at radius 3 is 2.56 bits per heavy atom. The molecule has 0 spiro atoms. The van der Waals surface area contributed by atoms with E-state index >= 15 is 0 Å². The summed E-state index contributed by atoms with van der Waals surface area (Å²) in [5, 5.41) is 6.67. The molecular weight excluding hydrogens is 523 g/mol. The zero-order chi connectivity index (χ0) is 27.6. The van der Waals surface area contributed by atoms with E-state index in [0.717, 1.165) is 29.1 Å². The van der Waals surface area contributed by atoms with Gasteiger partial charge in [0.15, 0.2) is 5.11 Å². The normalized spacial score (nSPS) is 17.2. The molecule has 5 rings (SSSR count). The number of nitrogens with one attached hydrogen (secondary N) is 2. The fraction of sp³-hybridized carbons (Fsp3) is 0.207. The minimum Gasteiger partial charge on any atom is -0.352 e. The van der Waals surface area contributed by atoms with Gasteiger partial charge >= 0.3 is 6.18 Å². The highest BCUT2D eigenvalue weighted by Crippen LogP contribution is 2.40. The van der Waals surface area contributed by atoms with E-state index in [0.29, 0.717) is 23.0 Å².